The lowest BCUT2D eigenvalue weighted by molar-refractivity contribution is 0.484. The summed E-state index contributed by atoms with van der Waals surface area (Å²) in [6.07, 6.45) is 1.90. The Balaban J connectivity index is 2.17. The highest BCUT2D eigenvalue weighted by Crippen LogP contribution is 2.20. The second kappa shape index (κ2) is 5.91. The molecule has 1 aromatic carbocycles. The van der Waals surface area contributed by atoms with Crippen LogP contribution < -0.4 is 4.90 Å². The average molecular weight is 306 g/mol. The average Bonchev–Trinajstić information content (AvgIpc) is 2.75. The second-order valence-corrected chi connectivity index (χ2v) is 4.99. The molecule has 0 atom stereocenters. The van der Waals surface area contributed by atoms with Crippen LogP contribution in [-0.2, 0) is 6.54 Å². The Labute approximate surface area is 116 Å². The van der Waals surface area contributed by atoms with E-state index in [9.17, 15) is 0 Å². The first kappa shape index (κ1) is 13.0. The molecule has 2 aromatic rings. The van der Waals surface area contributed by atoms with Crippen LogP contribution >= 0.6 is 15.9 Å². The maximum absolute atomic E-state index is 5.55. The summed E-state index contributed by atoms with van der Waals surface area (Å²) in [5, 5.41) is 0. The van der Waals surface area contributed by atoms with Gasteiger partial charge in [-0.05, 0) is 47.1 Å². The number of hydrogen-bond donors (Lipinski definition) is 0. The summed E-state index contributed by atoms with van der Waals surface area (Å²) < 4.78 is 6.31. The van der Waals surface area contributed by atoms with Crippen molar-refractivity contribution in [1.82, 2.24) is 0 Å². The van der Waals surface area contributed by atoms with Crippen LogP contribution in [0.4, 0.5) is 5.69 Å². The zero-order valence-corrected chi connectivity index (χ0v) is 12.0. The van der Waals surface area contributed by atoms with E-state index in [4.69, 9.17) is 4.42 Å². The molecule has 0 saturated carbocycles. The van der Waals surface area contributed by atoms with Crippen LogP contribution in [0.3, 0.4) is 0 Å². The Morgan fingerprint density at radius 2 is 1.94 bits per heavy atom. The number of nitrogens with zero attached hydrogens (tertiary/aromatic N) is 1. The molecule has 0 amide bonds. The van der Waals surface area contributed by atoms with Gasteiger partial charge in [0, 0.05) is 12.2 Å². The summed E-state index contributed by atoms with van der Waals surface area (Å²) in [5.41, 5.74) is 2.44. The van der Waals surface area contributed by atoms with Crippen LogP contribution in [0.25, 0.3) is 0 Å². The zero-order valence-electron chi connectivity index (χ0n) is 10.4. The Bertz CT molecular complexity index is 516. The molecule has 0 spiro atoms. The van der Waals surface area contributed by atoms with E-state index in [1.54, 1.807) is 0 Å². The van der Waals surface area contributed by atoms with Gasteiger partial charge < -0.3 is 9.32 Å². The minimum Gasteiger partial charge on any atom is -0.452 e. The molecule has 0 aliphatic heterocycles. The molecule has 1 heterocycles. The molecule has 94 valence electrons. The van der Waals surface area contributed by atoms with Gasteiger partial charge in [0.2, 0.25) is 0 Å². The van der Waals surface area contributed by atoms with Gasteiger partial charge >= 0.3 is 0 Å². The van der Waals surface area contributed by atoms with Crippen molar-refractivity contribution in [2.45, 2.75) is 13.5 Å². The normalized spacial score (nSPS) is 10.3. The summed E-state index contributed by atoms with van der Waals surface area (Å²) in [4.78, 5) is 2.22. The predicted octanol–water partition coefficient (Wildman–Crippen LogP) is 4.54. The molecule has 2 nitrogen and oxygen atoms in total. The van der Waals surface area contributed by atoms with Crippen LogP contribution in [-0.4, -0.2) is 6.54 Å². The van der Waals surface area contributed by atoms with Gasteiger partial charge in [-0.1, -0.05) is 23.8 Å². The Morgan fingerprint density at radius 1 is 1.22 bits per heavy atom. The number of furan rings is 1. The second-order valence-electron chi connectivity index (χ2n) is 4.21. The van der Waals surface area contributed by atoms with Crippen LogP contribution in [0.15, 0.2) is 58.1 Å². The van der Waals surface area contributed by atoms with Crippen molar-refractivity contribution in [1.29, 1.82) is 0 Å². The van der Waals surface area contributed by atoms with Gasteiger partial charge in [0.1, 0.15) is 5.76 Å². The van der Waals surface area contributed by atoms with Crippen molar-refractivity contribution in [2.75, 3.05) is 11.4 Å². The van der Waals surface area contributed by atoms with Crippen molar-refractivity contribution in [3.63, 3.8) is 0 Å². The highest BCUT2D eigenvalue weighted by atomic mass is 79.9. The topological polar surface area (TPSA) is 16.4 Å². The first-order chi connectivity index (χ1) is 8.69. The number of benzene rings is 1. The van der Waals surface area contributed by atoms with Crippen LogP contribution in [0.1, 0.15) is 11.3 Å². The third kappa shape index (κ3) is 3.26. The molecule has 3 heteroatoms. The van der Waals surface area contributed by atoms with Gasteiger partial charge in [-0.25, -0.2) is 0 Å². The minimum atomic E-state index is 0.737. The number of halogens is 1. The fourth-order valence-electron chi connectivity index (χ4n) is 1.80. The number of rotatable bonds is 5. The van der Waals surface area contributed by atoms with Crippen LogP contribution in [0.2, 0.25) is 0 Å². The molecule has 0 radical (unpaired) electrons. The van der Waals surface area contributed by atoms with Crippen molar-refractivity contribution in [2.24, 2.45) is 0 Å². The van der Waals surface area contributed by atoms with Gasteiger partial charge in [-0.3, -0.25) is 0 Å². The zero-order chi connectivity index (χ0) is 13.0. The van der Waals surface area contributed by atoms with E-state index in [1.165, 1.54) is 11.3 Å². The summed E-state index contributed by atoms with van der Waals surface area (Å²) in [6.45, 7) is 7.43. The van der Waals surface area contributed by atoms with Crippen molar-refractivity contribution in [3.05, 3.63) is 65.0 Å². The third-order valence-corrected chi connectivity index (χ3v) is 3.15. The Morgan fingerprint density at radius 3 is 2.50 bits per heavy atom. The maximum atomic E-state index is 5.55. The highest BCUT2D eigenvalue weighted by molar-refractivity contribution is 9.10. The molecular weight excluding hydrogens is 290 g/mol. The Kier molecular flexibility index (Phi) is 4.26. The van der Waals surface area contributed by atoms with E-state index in [0.717, 1.165) is 23.5 Å². The predicted molar refractivity (Wildman–Crippen MR) is 78.8 cm³/mol. The van der Waals surface area contributed by atoms with Crippen LogP contribution in [0.5, 0.6) is 0 Å². The number of hydrogen-bond acceptors (Lipinski definition) is 2. The molecule has 0 aliphatic rings. The van der Waals surface area contributed by atoms with Gasteiger partial charge in [0.25, 0.3) is 0 Å². The lowest BCUT2D eigenvalue weighted by Gasteiger charge is -2.22. The molecule has 0 N–H and O–H groups in total. The van der Waals surface area contributed by atoms with Crippen LogP contribution in [0, 0.1) is 6.92 Å². The smallest absolute Gasteiger partial charge is 0.169 e. The van der Waals surface area contributed by atoms with Crippen molar-refractivity contribution in [3.8, 4) is 0 Å². The van der Waals surface area contributed by atoms with Gasteiger partial charge in [-0.2, -0.15) is 0 Å². The first-order valence-electron chi connectivity index (χ1n) is 5.86. The summed E-state index contributed by atoms with van der Waals surface area (Å²) in [5.74, 6) is 0.935. The standard InChI is InChI=1S/C15H16BrNO/c1-3-10-17(11-14-8-9-15(16)18-14)13-6-4-12(2)5-7-13/h3-9H,1,10-11H2,2H3. The molecule has 0 bridgehead atoms. The first-order valence-corrected chi connectivity index (χ1v) is 6.65. The number of anilines is 1. The lowest BCUT2D eigenvalue weighted by Crippen LogP contribution is -2.22. The lowest BCUT2D eigenvalue weighted by atomic mass is 10.2. The summed E-state index contributed by atoms with van der Waals surface area (Å²) >= 11 is 3.32. The maximum Gasteiger partial charge on any atom is 0.169 e. The monoisotopic (exact) mass is 305 g/mol. The SMILES string of the molecule is C=CCN(Cc1ccc(Br)o1)c1ccc(C)cc1. The van der Waals surface area contributed by atoms with E-state index < -0.39 is 0 Å². The van der Waals surface area contributed by atoms with E-state index in [1.807, 2.05) is 18.2 Å². The molecule has 1 aromatic heterocycles. The largest absolute Gasteiger partial charge is 0.452 e. The number of aryl methyl sites for hydroxylation is 1. The summed E-state index contributed by atoms with van der Waals surface area (Å²) in [7, 11) is 0. The Hall–Kier alpha value is -1.48. The molecule has 0 fully saturated rings. The molecular formula is C15H16BrNO. The quantitative estimate of drug-likeness (QED) is 0.754. The van der Waals surface area contributed by atoms with E-state index in [-0.39, 0.29) is 0 Å². The molecule has 18 heavy (non-hydrogen) atoms. The molecule has 0 unspecified atom stereocenters. The third-order valence-electron chi connectivity index (χ3n) is 2.72. The molecule has 2 rings (SSSR count). The van der Waals surface area contributed by atoms with Crippen molar-refractivity contribution < 1.29 is 4.42 Å². The van der Waals surface area contributed by atoms with E-state index in [2.05, 4.69) is 58.6 Å². The fourth-order valence-corrected chi connectivity index (χ4v) is 2.14. The van der Waals surface area contributed by atoms with Gasteiger partial charge in [0.15, 0.2) is 4.67 Å². The van der Waals surface area contributed by atoms with E-state index in [0.29, 0.717) is 0 Å². The minimum absolute atomic E-state index is 0.737. The van der Waals surface area contributed by atoms with Crippen molar-refractivity contribution >= 4 is 21.6 Å². The van der Waals surface area contributed by atoms with Gasteiger partial charge in [-0.15, -0.1) is 6.58 Å². The van der Waals surface area contributed by atoms with E-state index >= 15 is 0 Å². The fraction of sp³-hybridized carbons (Fsp3) is 0.200. The molecule has 0 aliphatic carbocycles. The highest BCUT2D eigenvalue weighted by Gasteiger charge is 2.08. The summed E-state index contributed by atoms with van der Waals surface area (Å²) in [6, 6.07) is 12.4. The van der Waals surface area contributed by atoms with Gasteiger partial charge in [0.05, 0.1) is 6.54 Å². The molecule has 0 saturated heterocycles.